The highest BCUT2D eigenvalue weighted by Crippen LogP contribution is 2.31. The van der Waals surface area contributed by atoms with Crippen LogP contribution in [-0.2, 0) is 4.74 Å². The molecule has 2 N–H and O–H groups in total. The largest absolute Gasteiger partial charge is 0.394 e. The fourth-order valence-corrected chi connectivity index (χ4v) is 2.95. The van der Waals surface area contributed by atoms with Crippen molar-refractivity contribution in [3.8, 4) is 0 Å². The van der Waals surface area contributed by atoms with Gasteiger partial charge in [0.15, 0.2) is 0 Å². The number of morpholine rings is 1. The highest BCUT2D eigenvalue weighted by molar-refractivity contribution is 6.42. The Labute approximate surface area is 135 Å². The van der Waals surface area contributed by atoms with E-state index in [0.29, 0.717) is 41.7 Å². The number of hydrogen-bond acceptors (Lipinski definition) is 4. The van der Waals surface area contributed by atoms with Crippen LogP contribution in [0, 0.1) is 0 Å². The lowest BCUT2D eigenvalue weighted by atomic mass is 10.1. The van der Waals surface area contributed by atoms with Crippen molar-refractivity contribution in [3.05, 3.63) is 33.8 Å². The van der Waals surface area contributed by atoms with Crippen molar-refractivity contribution in [2.24, 2.45) is 0 Å². The SMILES string of the molecule is CC1COC(CO)CN1CCC(O)c1cccc(Cl)c1Cl. The van der Waals surface area contributed by atoms with Crippen molar-refractivity contribution in [2.45, 2.75) is 31.6 Å². The van der Waals surface area contributed by atoms with E-state index in [2.05, 4.69) is 11.8 Å². The zero-order valence-corrected chi connectivity index (χ0v) is 13.5. The summed E-state index contributed by atoms with van der Waals surface area (Å²) in [4.78, 5) is 2.21. The monoisotopic (exact) mass is 333 g/mol. The van der Waals surface area contributed by atoms with Gasteiger partial charge in [0.05, 0.1) is 35.5 Å². The summed E-state index contributed by atoms with van der Waals surface area (Å²) < 4.78 is 5.50. The van der Waals surface area contributed by atoms with E-state index < -0.39 is 6.10 Å². The molecular weight excluding hydrogens is 313 g/mol. The second-order valence-electron chi connectivity index (χ2n) is 5.43. The van der Waals surface area contributed by atoms with Gasteiger partial charge in [0.2, 0.25) is 0 Å². The number of nitrogens with zero attached hydrogens (tertiary/aromatic N) is 1. The predicted molar refractivity (Wildman–Crippen MR) is 83.9 cm³/mol. The maximum atomic E-state index is 10.3. The molecule has 1 aromatic rings. The molecular formula is C15H21Cl2NO3. The highest BCUT2D eigenvalue weighted by Gasteiger charge is 2.26. The quantitative estimate of drug-likeness (QED) is 0.869. The van der Waals surface area contributed by atoms with Crippen LogP contribution in [0.15, 0.2) is 18.2 Å². The molecule has 6 heteroatoms. The van der Waals surface area contributed by atoms with Crippen molar-refractivity contribution in [2.75, 3.05) is 26.3 Å². The summed E-state index contributed by atoms with van der Waals surface area (Å²) in [5.74, 6) is 0. The third kappa shape index (κ3) is 4.31. The number of ether oxygens (including phenoxy) is 1. The minimum absolute atomic E-state index is 0.0197. The first-order chi connectivity index (χ1) is 10.0. The lowest BCUT2D eigenvalue weighted by molar-refractivity contribution is -0.0800. The lowest BCUT2D eigenvalue weighted by Gasteiger charge is -2.37. The molecule has 0 radical (unpaired) electrons. The standard InChI is InChI=1S/C15H21Cl2NO3/c1-10-9-21-11(8-19)7-18(10)6-5-14(20)12-3-2-4-13(16)15(12)17/h2-4,10-11,14,19-20H,5-9H2,1H3. The Balaban J connectivity index is 1.94. The zero-order chi connectivity index (χ0) is 15.4. The smallest absolute Gasteiger partial charge is 0.0933 e. The number of hydrogen-bond donors (Lipinski definition) is 2. The Morgan fingerprint density at radius 1 is 1.43 bits per heavy atom. The maximum Gasteiger partial charge on any atom is 0.0933 e. The minimum atomic E-state index is -0.654. The van der Waals surface area contributed by atoms with Crippen LogP contribution in [0.5, 0.6) is 0 Å². The van der Waals surface area contributed by atoms with Crippen LogP contribution >= 0.6 is 23.2 Å². The van der Waals surface area contributed by atoms with Crippen molar-refractivity contribution < 1.29 is 14.9 Å². The maximum absolute atomic E-state index is 10.3. The van der Waals surface area contributed by atoms with Gasteiger partial charge >= 0.3 is 0 Å². The normalized spacial score (nSPS) is 25.0. The van der Waals surface area contributed by atoms with Crippen LogP contribution in [0.1, 0.15) is 25.0 Å². The highest BCUT2D eigenvalue weighted by atomic mass is 35.5. The van der Waals surface area contributed by atoms with Crippen LogP contribution in [0.3, 0.4) is 0 Å². The molecule has 0 saturated carbocycles. The fourth-order valence-electron chi connectivity index (χ4n) is 2.52. The molecule has 3 atom stereocenters. The Kier molecular flexibility index (Phi) is 6.29. The third-order valence-corrected chi connectivity index (χ3v) is 4.70. The molecule has 0 bridgehead atoms. The number of aliphatic hydroxyl groups excluding tert-OH is 2. The van der Waals surface area contributed by atoms with E-state index in [9.17, 15) is 10.2 Å². The van der Waals surface area contributed by atoms with E-state index in [1.807, 2.05) is 0 Å². The molecule has 1 aliphatic heterocycles. The second-order valence-corrected chi connectivity index (χ2v) is 6.21. The molecule has 0 amide bonds. The van der Waals surface area contributed by atoms with Gasteiger partial charge in [0.1, 0.15) is 0 Å². The predicted octanol–water partition coefficient (Wildman–Crippen LogP) is 2.50. The van der Waals surface area contributed by atoms with Crippen molar-refractivity contribution in [1.29, 1.82) is 0 Å². The van der Waals surface area contributed by atoms with Gasteiger partial charge < -0.3 is 14.9 Å². The zero-order valence-electron chi connectivity index (χ0n) is 12.0. The van der Waals surface area contributed by atoms with Crippen molar-refractivity contribution in [3.63, 3.8) is 0 Å². The summed E-state index contributed by atoms with van der Waals surface area (Å²) in [6.45, 7) is 4.08. The number of aliphatic hydroxyl groups is 2. The van der Waals surface area contributed by atoms with Crippen LogP contribution in [0.2, 0.25) is 10.0 Å². The topological polar surface area (TPSA) is 52.9 Å². The van der Waals surface area contributed by atoms with Crippen LogP contribution in [0.25, 0.3) is 0 Å². The van der Waals surface area contributed by atoms with Gasteiger partial charge in [-0.1, -0.05) is 35.3 Å². The van der Waals surface area contributed by atoms with Gasteiger partial charge in [-0.25, -0.2) is 0 Å². The van der Waals surface area contributed by atoms with Gasteiger partial charge in [-0.15, -0.1) is 0 Å². The second kappa shape index (κ2) is 7.77. The molecule has 0 aromatic heterocycles. The number of rotatable bonds is 5. The van der Waals surface area contributed by atoms with Gasteiger partial charge in [-0.05, 0) is 19.4 Å². The summed E-state index contributed by atoms with van der Waals surface area (Å²) >= 11 is 12.1. The van der Waals surface area contributed by atoms with Crippen molar-refractivity contribution >= 4 is 23.2 Å². The number of halogens is 2. The number of benzene rings is 1. The molecule has 0 aliphatic carbocycles. The molecule has 4 nitrogen and oxygen atoms in total. The van der Waals surface area contributed by atoms with E-state index in [1.165, 1.54) is 0 Å². The molecule has 118 valence electrons. The molecule has 1 aliphatic rings. The van der Waals surface area contributed by atoms with Crippen molar-refractivity contribution in [1.82, 2.24) is 4.90 Å². The Bertz CT molecular complexity index is 472. The molecule has 3 unspecified atom stereocenters. The minimum Gasteiger partial charge on any atom is -0.394 e. The van der Waals surface area contributed by atoms with E-state index in [1.54, 1.807) is 18.2 Å². The van der Waals surface area contributed by atoms with E-state index in [-0.39, 0.29) is 18.8 Å². The average Bonchev–Trinajstić information content (AvgIpc) is 2.49. The van der Waals surface area contributed by atoms with E-state index in [4.69, 9.17) is 27.9 Å². The van der Waals surface area contributed by atoms with Gasteiger partial charge in [-0.3, -0.25) is 4.90 Å². The third-order valence-electron chi connectivity index (χ3n) is 3.87. The van der Waals surface area contributed by atoms with Gasteiger partial charge in [-0.2, -0.15) is 0 Å². The molecule has 1 fully saturated rings. The van der Waals surface area contributed by atoms with E-state index in [0.717, 1.165) is 0 Å². The molecule has 1 saturated heterocycles. The molecule has 1 aromatic carbocycles. The van der Waals surface area contributed by atoms with Gasteiger partial charge in [0, 0.05) is 24.7 Å². The summed E-state index contributed by atoms with van der Waals surface area (Å²) in [6.07, 6.45) is -0.241. The Morgan fingerprint density at radius 2 is 2.19 bits per heavy atom. The molecule has 2 rings (SSSR count). The fraction of sp³-hybridized carbons (Fsp3) is 0.600. The molecule has 21 heavy (non-hydrogen) atoms. The summed E-state index contributed by atoms with van der Waals surface area (Å²) in [5.41, 5.74) is 0.656. The Hall–Kier alpha value is -0.360. The first-order valence-corrected chi connectivity index (χ1v) is 7.87. The van der Waals surface area contributed by atoms with E-state index >= 15 is 0 Å². The van der Waals surface area contributed by atoms with Gasteiger partial charge in [0.25, 0.3) is 0 Å². The summed E-state index contributed by atoms with van der Waals surface area (Å²) in [5, 5.41) is 20.4. The molecule has 1 heterocycles. The summed E-state index contributed by atoms with van der Waals surface area (Å²) in [7, 11) is 0. The first kappa shape index (κ1) is 17.0. The first-order valence-electron chi connectivity index (χ1n) is 7.11. The average molecular weight is 334 g/mol. The van der Waals surface area contributed by atoms with Crippen LogP contribution < -0.4 is 0 Å². The van der Waals surface area contributed by atoms with Crippen LogP contribution in [0.4, 0.5) is 0 Å². The lowest BCUT2D eigenvalue weighted by Crippen LogP contribution is -2.49. The van der Waals surface area contributed by atoms with Crippen LogP contribution in [-0.4, -0.2) is 53.6 Å². The summed E-state index contributed by atoms with van der Waals surface area (Å²) in [6, 6.07) is 5.55. The Morgan fingerprint density at radius 3 is 2.90 bits per heavy atom. The molecule has 0 spiro atoms.